The van der Waals surface area contributed by atoms with Crippen LogP contribution >= 0.6 is 12.0 Å². The van der Waals surface area contributed by atoms with Crippen molar-refractivity contribution in [2.45, 2.75) is 31.2 Å². The number of hydrogen-bond acceptors (Lipinski definition) is 8. The van der Waals surface area contributed by atoms with Crippen LogP contribution in [-0.4, -0.2) is 61.0 Å². The molecule has 1 saturated heterocycles. The minimum Gasteiger partial charge on any atom is -0.389 e. The lowest BCUT2D eigenvalue weighted by atomic mass is 10.1. The Bertz CT molecular complexity index is 704. The summed E-state index contributed by atoms with van der Waals surface area (Å²) in [5, 5.41) is 30.1. The topological polar surface area (TPSA) is 136 Å². The molecule has 0 aliphatic carbocycles. The van der Waals surface area contributed by atoms with Crippen molar-refractivity contribution in [3.05, 3.63) is 22.4 Å². The van der Waals surface area contributed by atoms with Gasteiger partial charge in [0, 0.05) is 5.75 Å². The van der Waals surface area contributed by atoms with Crippen LogP contribution in [-0.2, 0) is 4.18 Å². The molecule has 0 radical (unpaired) electrons. The van der Waals surface area contributed by atoms with Crippen LogP contribution in [0.25, 0.3) is 11.0 Å². The van der Waals surface area contributed by atoms with E-state index in [2.05, 4.69) is 25.5 Å². The Kier molecular flexibility index (Phi) is 4.45. The van der Waals surface area contributed by atoms with E-state index in [9.17, 15) is 15.0 Å². The summed E-state index contributed by atoms with van der Waals surface area (Å²) in [4.78, 5) is 18.2. The average molecular weight is 327 g/mol. The summed E-state index contributed by atoms with van der Waals surface area (Å²) in [6.07, 6.45) is -0.757. The van der Waals surface area contributed by atoms with Crippen molar-refractivity contribution >= 4 is 23.1 Å². The van der Waals surface area contributed by atoms with E-state index in [0.717, 1.165) is 5.75 Å². The van der Waals surface area contributed by atoms with Crippen molar-refractivity contribution in [2.75, 3.05) is 12.4 Å². The van der Waals surface area contributed by atoms with E-state index in [0.29, 0.717) is 11.2 Å². The molecule has 22 heavy (non-hydrogen) atoms. The molecule has 5 N–H and O–H groups in total. The highest BCUT2D eigenvalue weighted by atomic mass is 32.2. The highest BCUT2D eigenvalue weighted by Gasteiger charge is 2.43. The van der Waals surface area contributed by atoms with Gasteiger partial charge in [0.1, 0.15) is 11.6 Å². The third kappa shape index (κ3) is 2.63. The first kappa shape index (κ1) is 15.4. The predicted octanol–water partition coefficient (Wildman–Crippen LogP) is -0.934. The standard InChI is InChI=1S/C12H17N5O4S/c1-2-22-21-3-5-10(18)11(19)8(15-5)7-6-9(17-16-7)12(20)14-4-13-6/h4-5,8,10-11,15,18-19H,2-3H2,1H3,(H,16,17)(H,13,14,20)/t5-,8+,10-,11+/m1/s1. The van der Waals surface area contributed by atoms with E-state index in [1.165, 1.54) is 18.4 Å². The Balaban J connectivity index is 1.85. The summed E-state index contributed by atoms with van der Waals surface area (Å²) in [7, 11) is 0. The van der Waals surface area contributed by atoms with Crippen molar-refractivity contribution in [2.24, 2.45) is 0 Å². The van der Waals surface area contributed by atoms with Gasteiger partial charge in [0.2, 0.25) is 0 Å². The van der Waals surface area contributed by atoms with Gasteiger partial charge in [-0.15, -0.1) is 0 Å². The maximum absolute atomic E-state index is 11.7. The van der Waals surface area contributed by atoms with E-state index in [1.807, 2.05) is 6.92 Å². The van der Waals surface area contributed by atoms with Crippen LogP contribution < -0.4 is 10.9 Å². The number of aromatic amines is 2. The van der Waals surface area contributed by atoms with E-state index in [4.69, 9.17) is 4.18 Å². The second kappa shape index (κ2) is 6.34. The first-order chi connectivity index (χ1) is 10.6. The molecule has 0 bridgehead atoms. The Labute approximate surface area is 129 Å². The molecule has 9 nitrogen and oxygen atoms in total. The molecule has 0 saturated carbocycles. The van der Waals surface area contributed by atoms with Crippen LogP contribution in [0.1, 0.15) is 18.7 Å². The lowest BCUT2D eigenvalue weighted by Gasteiger charge is -2.14. The molecule has 0 amide bonds. The van der Waals surface area contributed by atoms with E-state index in [-0.39, 0.29) is 17.7 Å². The third-order valence-electron chi connectivity index (χ3n) is 3.63. The lowest BCUT2D eigenvalue weighted by molar-refractivity contribution is 0.0221. The molecule has 1 aliphatic heterocycles. The molecule has 2 aromatic heterocycles. The highest BCUT2D eigenvalue weighted by molar-refractivity contribution is 7.94. The molecular formula is C12H17N5O4S. The molecule has 10 heteroatoms. The summed E-state index contributed by atoms with van der Waals surface area (Å²) < 4.78 is 5.34. The zero-order chi connectivity index (χ0) is 15.7. The maximum atomic E-state index is 11.7. The fourth-order valence-electron chi connectivity index (χ4n) is 2.55. The number of fused-ring (bicyclic) bond motifs is 1. The Morgan fingerprint density at radius 1 is 1.36 bits per heavy atom. The summed E-state index contributed by atoms with van der Waals surface area (Å²) >= 11 is 1.29. The third-order valence-corrected chi connectivity index (χ3v) is 4.17. The normalized spacial score (nSPS) is 28.5. The van der Waals surface area contributed by atoms with Crippen LogP contribution in [0.2, 0.25) is 0 Å². The number of aromatic nitrogens is 4. The zero-order valence-corrected chi connectivity index (χ0v) is 12.6. The Morgan fingerprint density at radius 3 is 2.95 bits per heavy atom. The van der Waals surface area contributed by atoms with Gasteiger partial charge in [-0.25, -0.2) is 4.98 Å². The van der Waals surface area contributed by atoms with Gasteiger partial charge in [-0.1, -0.05) is 6.92 Å². The number of H-pyrrole nitrogens is 2. The van der Waals surface area contributed by atoms with Crippen molar-refractivity contribution < 1.29 is 14.4 Å². The largest absolute Gasteiger partial charge is 0.389 e. The van der Waals surface area contributed by atoms with Crippen LogP contribution in [0, 0.1) is 0 Å². The van der Waals surface area contributed by atoms with Crippen molar-refractivity contribution in [1.82, 2.24) is 25.5 Å². The maximum Gasteiger partial charge on any atom is 0.279 e. The minimum atomic E-state index is -1.05. The van der Waals surface area contributed by atoms with Crippen LogP contribution in [0.4, 0.5) is 0 Å². The lowest BCUT2D eigenvalue weighted by Crippen LogP contribution is -2.36. The Morgan fingerprint density at radius 2 is 2.18 bits per heavy atom. The van der Waals surface area contributed by atoms with Gasteiger partial charge in [0.15, 0.2) is 5.52 Å². The van der Waals surface area contributed by atoms with Crippen LogP contribution in [0.15, 0.2) is 11.1 Å². The first-order valence-corrected chi connectivity index (χ1v) is 7.82. The summed E-state index contributed by atoms with van der Waals surface area (Å²) in [6, 6.07) is -1.02. The first-order valence-electron chi connectivity index (χ1n) is 6.91. The average Bonchev–Trinajstić information content (AvgIpc) is 3.05. The summed E-state index contributed by atoms with van der Waals surface area (Å²) in [6.45, 7) is 2.22. The second-order valence-corrected chi connectivity index (χ2v) is 6.04. The van der Waals surface area contributed by atoms with E-state index in [1.54, 1.807) is 0 Å². The summed E-state index contributed by atoms with van der Waals surface area (Å²) in [5.41, 5.74) is 0.650. The van der Waals surface area contributed by atoms with Crippen molar-refractivity contribution in [1.29, 1.82) is 0 Å². The van der Waals surface area contributed by atoms with Crippen LogP contribution in [0.3, 0.4) is 0 Å². The molecule has 1 fully saturated rings. The molecular weight excluding hydrogens is 310 g/mol. The van der Waals surface area contributed by atoms with Gasteiger partial charge in [0.25, 0.3) is 5.56 Å². The number of aliphatic hydroxyl groups excluding tert-OH is 2. The number of aliphatic hydroxyl groups is 2. The highest BCUT2D eigenvalue weighted by Crippen LogP contribution is 2.29. The predicted molar refractivity (Wildman–Crippen MR) is 80.3 cm³/mol. The molecule has 120 valence electrons. The molecule has 3 rings (SSSR count). The quantitative estimate of drug-likeness (QED) is 0.351. The SMILES string of the molecule is CCSOC[C@H]1N[C@@H](c2[nH]nc3c(=O)[nH]cnc23)[C@H](O)[C@@H]1O. The molecule has 0 aromatic carbocycles. The van der Waals surface area contributed by atoms with E-state index >= 15 is 0 Å². The van der Waals surface area contributed by atoms with Gasteiger partial charge >= 0.3 is 0 Å². The van der Waals surface area contributed by atoms with Crippen molar-refractivity contribution in [3.63, 3.8) is 0 Å². The smallest absolute Gasteiger partial charge is 0.279 e. The number of hydrogen-bond donors (Lipinski definition) is 5. The fraction of sp³-hybridized carbons (Fsp3) is 0.583. The molecule has 2 aromatic rings. The second-order valence-electron chi connectivity index (χ2n) is 4.99. The summed E-state index contributed by atoms with van der Waals surface area (Å²) in [5.74, 6) is 0.798. The van der Waals surface area contributed by atoms with Gasteiger partial charge in [-0.05, 0) is 12.0 Å². The number of nitrogens with one attached hydrogen (secondary N) is 3. The molecule has 0 spiro atoms. The molecule has 0 unspecified atom stereocenters. The molecule has 3 heterocycles. The monoisotopic (exact) mass is 327 g/mol. The van der Waals surface area contributed by atoms with Gasteiger partial charge in [0.05, 0.1) is 36.8 Å². The van der Waals surface area contributed by atoms with Gasteiger partial charge in [-0.3, -0.25) is 15.2 Å². The fourth-order valence-corrected chi connectivity index (χ4v) is 2.96. The van der Waals surface area contributed by atoms with Gasteiger partial charge in [-0.2, -0.15) is 5.10 Å². The molecule has 4 atom stereocenters. The number of nitrogens with zero attached hydrogens (tertiary/aromatic N) is 2. The number of rotatable bonds is 5. The van der Waals surface area contributed by atoms with Gasteiger partial charge < -0.3 is 19.4 Å². The minimum absolute atomic E-state index is 0.169. The zero-order valence-electron chi connectivity index (χ0n) is 11.8. The van der Waals surface area contributed by atoms with Crippen molar-refractivity contribution in [3.8, 4) is 0 Å². The Hall–Kier alpha value is -1.46. The van der Waals surface area contributed by atoms with E-state index < -0.39 is 24.3 Å². The van der Waals surface area contributed by atoms with Crippen LogP contribution in [0.5, 0.6) is 0 Å². The molecule has 1 aliphatic rings.